The molecule has 1 atom stereocenters. The summed E-state index contributed by atoms with van der Waals surface area (Å²) < 4.78 is 0. The first-order chi connectivity index (χ1) is 8.88. The van der Waals surface area contributed by atoms with Gasteiger partial charge in [-0.2, -0.15) is 0 Å². The zero-order valence-electron chi connectivity index (χ0n) is 11.0. The van der Waals surface area contributed by atoms with E-state index in [1.54, 1.807) is 0 Å². The standard InChI is InChI=1S/C15H24N2O/c18-13-15(12-17-10-4-5-11-17)16-9-8-14-6-2-1-3-7-14/h1-3,6-7,15-16,18H,4-5,8-13H2/t15-/m1/s1. The topological polar surface area (TPSA) is 35.5 Å². The number of benzene rings is 1. The SMILES string of the molecule is OC[C@@H](CN1CCCC1)NCCc1ccccc1. The maximum Gasteiger partial charge on any atom is 0.0597 e. The second kappa shape index (κ2) is 7.52. The summed E-state index contributed by atoms with van der Waals surface area (Å²) in [5.74, 6) is 0. The third-order valence-corrected chi connectivity index (χ3v) is 3.59. The molecular formula is C15H24N2O. The van der Waals surface area contributed by atoms with Gasteiger partial charge in [0.05, 0.1) is 6.61 Å². The van der Waals surface area contributed by atoms with E-state index in [1.807, 2.05) is 6.07 Å². The van der Waals surface area contributed by atoms with E-state index >= 15 is 0 Å². The van der Waals surface area contributed by atoms with E-state index in [-0.39, 0.29) is 12.6 Å². The zero-order chi connectivity index (χ0) is 12.6. The largest absolute Gasteiger partial charge is 0.395 e. The van der Waals surface area contributed by atoms with Crippen LogP contribution in [0, 0.1) is 0 Å². The number of hydrogen-bond acceptors (Lipinski definition) is 3. The highest BCUT2D eigenvalue weighted by molar-refractivity contribution is 5.14. The van der Waals surface area contributed by atoms with Gasteiger partial charge in [0.15, 0.2) is 0 Å². The van der Waals surface area contributed by atoms with Crippen molar-refractivity contribution in [2.45, 2.75) is 25.3 Å². The Balaban J connectivity index is 1.67. The molecule has 1 saturated heterocycles. The Morgan fingerprint density at radius 2 is 1.89 bits per heavy atom. The molecule has 3 nitrogen and oxygen atoms in total. The monoisotopic (exact) mass is 248 g/mol. The van der Waals surface area contributed by atoms with Gasteiger partial charge in [-0.3, -0.25) is 0 Å². The molecule has 3 heteroatoms. The molecule has 1 aromatic rings. The summed E-state index contributed by atoms with van der Waals surface area (Å²) in [6.45, 7) is 4.52. The quantitative estimate of drug-likeness (QED) is 0.763. The van der Waals surface area contributed by atoms with E-state index in [0.29, 0.717) is 0 Å². The lowest BCUT2D eigenvalue weighted by Crippen LogP contribution is -2.43. The predicted molar refractivity (Wildman–Crippen MR) is 74.7 cm³/mol. The van der Waals surface area contributed by atoms with Gasteiger partial charge < -0.3 is 15.3 Å². The third kappa shape index (κ3) is 4.41. The van der Waals surface area contributed by atoms with E-state index < -0.39 is 0 Å². The van der Waals surface area contributed by atoms with Gasteiger partial charge in [0.1, 0.15) is 0 Å². The van der Waals surface area contributed by atoms with Crippen LogP contribution in [0.5, 0.6) is 0 Å². The fourth-order valence-corrected chi connectivity index (χ4v) is 2.53. The van der Waals surface area contributed by atoms with Crippen LogP contribution in [0.2, 0.25) is 0 Å². The zero-order valence-corrected chi connectivity index (χ0v) is 11.0. The molecule has 1 aliphatic heterocycles. The Kier molecular flexibility index (Phi) is 5.65. The minimum absolute atomic E-state index is 0.215. The van der Waals surface area contributed by atoms with Crippen LogP contribution in [-0.4, -0.2) is 48.8 Å². The second-order valence-corrected chi connectivity index (χ2v) is 5.08. The summed E-state index contributed by atoms with van der Waals surface area (Å²) in [5, 5.41) is 12.8. The van der Waals surface area contributed by atoms with Crippen LogP contribution in [0.4, 0.5) is 0 Å². The summed E-state index contributed by atoms with van der Waals surface area (Å²) >= 11 is 0. The maximum absolute atomic E-state index is 9.39. The molecule has 1 aromatic carbocycles. The van der Waals surface area contributed by atoms with Gasteiger partial charge in [-0.05, 0) is 44.5 Å². The number of aliphatic hydroxyl groups excluding tert-OH is 1. The molecule has 0 saturated carbocycles. The van der Waals surface area contributed by atoms with Crippen molar-refractivity contribution in [3.05, 3.63) is 35.9 Å². The van der Waals surface area contributed by atoms with Crippen molar-refractivity contribution in [3.63, 3.8) is 0 Å². The van der Waals surface area contributed by atoms with Crippen LogP contribution >= 0.6 is 0 Å². The minimum Gasteiger partial charge on any atom is -0.395 e. The first-order valence-electron chi connectivity index (χ1n) is 6.99. The Morgan fingerprint density at radius 3 is 2.56 bits per heavy atom. The summed E-state index contributed by atoms with van der Waals surface area (Å²) in [4.78, 5) is 2.44. The Bertz CT molecular complexity index is 323. The van der Waals surface area contributed by atoms with Crippen molar-refractivity contribution < 1.29 is 5.11 Å². The van der Waals surface area contributed by atoms with E-state index in [2.05, 4.69) is 34.5 Å². The van der Waals surface area contributed by atoms with Crippen molar-refractivity contribution in [3.8, 4) is 0 Å². The second-order valence-electron chi connectivity index (χ2n) is 5.08. The molecule has 18 heavy (non-hydrogen) atoms. The summed E-state index contributed by atoms with van der Waals surface area (Å²) in [6, 6.07) is 10.7. The normalized spacial score (nSPS) is 18.1. The fraction of sp³-hybridized carbons (Fsp3) is 0.600. The third-order valence-electron chi connectivity index (χ3n) is 3.59. The van der Waals surface area contributed by atoms with Crippen molar-refractivity contribution in [1.82, 2.24) is 10.2 Å². The Labute approximate surface area is 110 Å². The van der Waals surface area contributed by atoms with Crippen LogP contribution in [0.25, 0.3) is 0 Å². The number of rotatable bonds is 7. The van der Waals surface area contributed by atoms with Gasteiger partial charge in [-0.1, -0.05) is 30.3 Å². The molecule has 100 valence electrons. The van der Waals surface area contributed by atoms with Gasteiger partial charge in [-0.15, -0.1) is 0 Å². The molecule has 0 amide bonds. The highest BCUT2D eigenvalue weighted by atomic mass is 16.3. The smallest absolute Gasteiger partial charge is 0.0597 e. The number of likely N-dealkylation sites (tertiary alicyclic amines) is 1. The molecule has 0 bridgehead atoms. The Hall–Kier alpha value is -0.900. The summed E-state index contributed by atoms with van der Waals surface area (Å²) in [7, 11) is 0. The molecule has 0 radical (unpaired) electrons. The predicted octanol–water partition coefficient (Wildman–Crippen LogP) is 1.28. The van der Waals surface area contributed by atoms with Gasteiger partial charge >= 0.3 is 0 Å². The van der Waals surface area contributed by atoms with Crippen LogP contribution in [0.3, 0.4) is 0 Å². The van der Waals surface area contributed by atoms with Gasteiger partial charge in [0, 0.05) is 12.6 Å². The van der Waals surface area contributed by atoms with E-state index in [4.69, 9.17) is 0 Å². The maximum atomic E-state index is 9.39. The lowest BCUT2D eigenvalue weighted by Gasteiger charge is -2.22. The van der Waals surface area contributed by atoms with Crippen molar-refractivity contribution in [1.29, 1.82) is 0 Å². The average Bonchev–Trinajstić information content (AvgIpc) is 2.92. The van der Waals surface area contributed by atoms with Crippen LogP contribution < -0.4 is 5.32 Å². The number of nitrogens with zero attached hydrogens (tertiary/aromatic N) is 1. The van der Waals surface area contributed by atoms with Crippen LogP contribution in [0.15, 0.2) is 30.3 Å². The lowest BCUT2D eigenvalue weighted by atomic mass is 10.1. The molecule has 0 spiro atoms. The van der Waals surface area contributed by atoms with Gasteiger partial charge in [0.2, 0.25) is 0 Å². The average molecular weight is 248 g/mol. The molecule has 0 aliphatic carbocycles. The minimum atomic E-state index is 0.215. The molecule has 1 aliphatic rings. The van der Waals surface area contributed by atoms with Crippen molar-refractivity contribution >= 4 is 0 Å². The lowest BCUT2D eigenvalue weighted by molar-refractivity contribution is 0.199. The fourth-order valence-electron chi connectivity index (χ4n) is 2.53. The summed E-state index contributed by atoms with van der Waals surface area (Å²) in [6.07, 6.45) is 3.64. The van der Waals surface area contributed by atoms with Crippen molar-refractivity contribution in [2.24, 2.45) is 0 Å². The first kappa shape index (κ1) is 13.5. The highest BCUT2D eigenvalue weighted by Gasteiger charge is 2.16. The van der Waals surface area contributed by atoms with E-state index in [9.17, 15) is 5.11 Å². The van der Waals surface area contributed by atoms with Crippen molar-refractivity contribution in [2.75, 3.05) is 32.8 Å². The molecule has 0 unspecified atom stereocenters. The number of aliphatic hydroxyl groups is 1. The van der Waals surface area contributed by atoms with Crippen LogP contribution in [-0.2, 0) is 6.42 Å². The highest BCUT2D eigenvalue weighted by Crippen LogP contribution is 2.07. The molecule has 0 aromatic heterocycles. The first-order valence-corrected chi connectivity index (χ1v) is 6.99. The molecule has 1 heterocycles. The molecule has 1 fully saturated rings. The Morgan fingerprint density at radius 1 is 1.17 bits per heavy atom. The molecule has 2 rings (SSSR count). The number of nitrogens with one attached hydrogen (secondary N) is 1. The molecular weight excluding hydrogens is 224 g/mol. The van der Waals surface area contributed by atoms with Gasteiger partial charge in [-0.25, -0.2) is 0 Å². The number of hydrogen-bond donors (Lipinski definition) is 2. The summed E-state index contributed by atoms with van der Waals surface area (Å²) in [5.41, 5.74) is 1.35. The van der Waals surface area contributed by atoms with E-state index in [0.717, 1.165) is 19.5 Å². The van der Waals surface area contributed by atoms with Crippen LogP contribution in [0.1, 0.15) is 18.4 Å². The van der Waals surface area contributed by atoms with Gasteiger partial charge in [0.25, 0.3) is 0 Å². The molecule has 2 N–H and O–H groups in total. The van der Waals surface area contributed by atoms with E-state index in [1.165, 1.54) is 31.5 Å².